The molecule has 1 heterocycles. The molecule has 1 aliphatic heterocycles. The van der Waals surface area contributed by atoms with E-state index in [1.807, 2.05) is 36.1 Å². The van der Waals surface area contributed by atoms with Crippen molar-refractivity contribution in [3.63, 3.8) is 0 Å². The predicted molar refractivity (Wildman–Crippen MR) is 113 cm³/mol. The molecule has 1 aliphatic rings. The third kappa shape index (κ3) is 5.13. The van der Waals surface area contributed by atoms with Crippen LogP contribution in [0.5, 0.6) is 0 Å². The number of hydrogen-bond donors (Lipinski definition) is 0. The Labute approximate surface area is 177 Å². The molecule has 7 nitrogen and oxygen atoms in total. The lowest BCUT2D eigenvalue weighted by molar-refractivity contribution is 0.0526. The number of hydrogen-bond acceptors (Lipinski definition) is 6. The van der Waals surface area contributed by atoms with Crippen LogP contribution >= 0.6 is 0 Å². The third-order valence-corrected chi connectivity index (χ3v) is 6.99. The van der Waals surface area contributed by atoms with Gasteiger partial charge in [-0.1, -0.05) is 29.8 Å². The number of piperazine rings is 1. The van der Waals surface area contributed by atoms with Gasteiger partial charge in [0.05, 0.1) is 23.6 Å². The minimum atomic E-state index is -3.66. The Morgan fingerprint density at radius 2 is 1.47 bits per heavy atom. The molecule has 0 saturated carbocycles. The van der Waals surface area contributed by atoms with Gasteiger partial charge in [0.15, 0.2) is 5.78 Å². The van der Waals surface area contributed by atoms with Crippen molar-refractivity contribution in [2.24, 2.45) is 0 Å². The average molecular weight is 431 g/mol. The zero-order valence-electron chi connectivity index (χ0n) is 17.2. The van der Waals surface area contributed by atoms with Crippen molar-refractivity contribution in [1.82, 2.24) is 9.21 Å². The molecule has 0 radical (unpaired) electrons. The van der Waals surface area contributed by atoms with Crippen LogP contribution in [0.15, 0.2) is 53.4 Å². The molecule has 1 fully saturated rings. The van der Waals surface area contributed by atoms with Gasteiger partial charge in [0.2, 0.25) is 10.0 Å². The van der Waals surface area contributed by atoms with Gasteiger partial charge >= 0.3 is 5.97 Å². The molecule has 160 valence electrons. The van der Waals surface area contributed by atoms with Crippen LogP contribution in [0.4, 0.5) is 0 Å². The van der Waals surface area contributed by atoms with E-state index in [0.29, 0.717) is 37.3 Å². The highest BCUT2D eigenvalue weighted by molar-refractivity contribution is 7.89. The van der Waals surface area contributed by atoms with Gasteiger partial charge in [-0.15, -0.1) is 0 Å². The molecule has 3 rings (SSSR count). The number of carbonyl (C=O) groups is 2. The number of ether oxygens (including phenoxy) is 1. The molecule has 0 aromatic heterocycles. The number of ketones is 1. The van der Waals surface area contributed by atoms with E-state index in [0.717, 1.165) is 5.56 Å². The highest BCUT2D eigenvalue weighted by Gasteiger charge is 2.29. The van der Waals surface area contributed by atoms with Crippen LogP contribution in [0.1, 0.15) is 33.2 Å². The van der Waals surface area contributed by atoms with Gasteiger partial charge in [-0.25, -0.2) is 13.2 Å². The lowest BCUT2D eigenvalue weighted by Gasteiger charge is -2.33. The largest absolute Gasteiger partial charge is 0.462 e. The Morgan fingerprint density at radius 1 is 0.900 bits per heavy atom. The van der Waals surface area contributed by atoms with Crippen LogP contribution in [0.3, 0.4) is 0 Å². The highest BCUT2D eigenvalue weighted by atomic mass is 32.2. The van der Waals surface area contributed by atoms with Gasteiger partial charge in [-0.2, -0.15) is 4.31 Å². The van der Waals surface area contributed by atoms with Crippen molar-refractivity contribution >= 4 is 21.8 Å². The van der Waals surface area contributed by atoms with E-state index < -0.39 is 16.0 Å². The molecule has 1 saturated heterocycles. The van der Waals surface area contributed by atoms with E-state index in [9.17, 15) is 18.0 Å². The Hall–Kier alpha value is -2.55. The molecule has 2 aromatic carbocycles. The first-order valence-corrected chi connectivity index (χ1v) is 11.3. The summed E-state index contributed by atoms with van der Waals surface area (Å²) in [5, 5.41) is 0. The summed E-state index contributed by atoms with van der Waals surface area (Å²) in [6, 6.07) is 13.2. The van der Waals surface area contributed by atoms with Crippen LogP contribution in [0.2, 0.25) is 0 Å². The van der Waals surface area contributed by atoms with E-state index in [4.69, 9.17) is 4.74 Å². The molecular formula is C22H26N2O5S. The molecular weight excluding hydrogens is 404 g/mol. The Morgan fingerprint density at radius 3 is 2.03 bits per heavy atom. The Balaban J connectivity index is 1.59. The van der Waals surface area contributed by atoms with Crippen LogP contribution in [0, 0.1) is 6.92 Å². The molecule has 0 spiro atoms. The highest BCUT2D eigenvalue weighted by Crippen LogP contribution is 2.19. The zero-order valence-corrected chi connectivity index (χ0v) is 18.0. The van der Waals surface area contributed by atoms with Gasteiger partial charge in [0, 0.05) is 31.7 Å². The number of aryl methyl sites for hydroxylation is 1. The lowest BCUT2D eigenvalue weighted by Crippen LogP contribution is -2.49. The van der Waals surface area contributed by atoms with Gasteiger partial charge in [-0.05, 0) is 38.1 Å². The lowest BCUT2D eigenvalue weighted by atomic mass is 10.1. The van der Waals surface area contributed by atoms with Crippen molar-refractivity contribution in [3.8, 4) is 0 Å². The molecule has 2 aromatic rings. The van der Waals surface area contributed by atoms with Crippen molar-refractivity contribution in [2.75, 3.05) is 39.3 Å². The van der Waals surface area contributed by atoms with E-state index in [-0.39, 0.29) is 23.8 Å². The number of Topliss-reactive ketones (excluding diaryl/α,β-unsaturated/α-hetero) is 1. The molecule has 0 N–H and O–H groups in total. The van der Waals surface area contributed by atoms with Crippen molar-refractivity contribution in [3.05, 3.63) is 65.2 Å². The number of esters is 1. The number of nitrogens with zero attached hydrogens (tertiary/aromatic N) is 2. The Bertz CT molecular complexity index is 993. The smallest absolute Gasteiger partial charge is 0.338 e. The fourth-order valence-electron chi connectivity index (χ4n) is 3.29. The molecule has 8 heteroatoms. The minimum Gasteiger partial charge on any atom is -0.462 e. The van der Waals surface area contributed by atoms with Crippen LogP contribution in [-0.2, 0) is 14.8 Å². The Kier molecular flexibility index (Phi) is 7.02. The summed E-state index contributed by atoms with van der Waals surface area (Å²) in [5.41, 5.74) is 2.08. The number of rotatable bonds is 7. The van der Waals surface area contributed by atoms with Gasteiger partial charge in [-0.3, -0.25) is 9.69 Å². The molecule has 0 unspecified atom stereocenters. The van der Waals surface area contributed by atoms with Crippen molar-refractivity contribution in [2.45, 2.75) is 18.7 Å². The second kappa shape index (κ2) is 9.51. The average Bonchev–Trinajstić information content (AvgIpc) is 2.75. The van der Waals surface area contributed by atoms with Crippen LogP contribution in [0.25, 0.3) is 0 Å². The van der Waals surface area contributed by atoms with Crippen LogP contribution in [-0.4, -0.2) is 68.7 Å². The minimum absolute atomic E-state index is 0.0286. The predicted octanol–water partition coefficient (Wildman–Crippen LogP) is 2.36. The van der Waals surface area contributed by atoms with Crippen molar-refractivity contribution in [1.29, 1.82) is 0 Å². The molecule has 0 amide bonds. The fraction of sp³-hybridized carbons (Fsp3) is 0.364. The fourth-order valence-corrected chi connectivity index (χ4v) is 4.71. The van der Waals surface area contributed by atoms with E-state index in [1.165, 1.54) is 28.6 Å². The first kappa shape index (κ1) is 22.1. The van der Waals surface area contributed by atoms with Crippen LogP contribution < -0.4 is 0 Å². The second-order valence-electron chi connectivity index (χ2n) is 7.21. The number of carbonyl (C=O) groups excluding carboxylic acids is 2. The second-order valence-corrected chi connectivity index (χ2v) is 9.15. The zero-order chi connectivity index (χ0) is 21.7. The quantitative estimate of drug-likeness (QED) is 0.495. The van der Waals surface area contributed by atoms with Gasteiger partial charge in [0.1, 0.15) is 0 Å². The van der Waals surface area contributed by atoms with Crippen molar-refractivity contribution < 1.29 is 22.7 Å². The summed E-state index contributed by atoms with van der Waals surface area (Å²) in [4.78, 5) is 26.3. The van der Waals surface area contributed by atoms with E-state index in [1.54, 1.807) is 6.92 Å². The monoisotopic (exact) mass is 430 g/mol. The van der Waals surface area contributed by atoms with Gasteiger partial charge in [0.25, 0.3) is 0 Å². The van der Waals surface area contributed by atoms with E-state index in [2.05, 4.69) is 0 Å². The van der Waals surface area contributed by atoms with Gasteiger partial charge < -0.3 is 4.74 Å². The normalized spacial score (nSPS) is 15.7. The standard InChI is InChI=1S/C22H26N2O5S/c1-3-29-22(26)19-8-10-20(11-9-19)30(27,28)24-14-12-23(13-15-24)16-21(25)18-6-4-17(2)5-7-18/h4-11H,3,12-16H2,1-2H3. The summed E-state index contributed by atoms with van der Waals surface area (Å²) in [5.74, 6) is -0.450. The third-order valence-electron chi connectivity index (χ3n) is 5.08. The maximum absolute atomic E-state index is 12.9. The molecule has 30 heavy (non-hydrogen) atoms. The number of benzene rings is 2. The summed E-state index contributed by atoms with van der Waals surface area (Å²) in [7, 11) is -3.66. The summed E-state index contributed by atoms with van der Waals surface area (Å²) in [6.45, 7) is 5.80. The van der Waals surface area contributed by atoms with E-state index >= 15 is 0 Å². The maximum Gasteiger partial charge on any atom is 0.338 e. The molecule has 0 aliphatic carbocycles. The molecule has 0 atom stereocenters. The number of sulfonamides is 1. The topological polar surface area (TPSA) is 84.0 Å². The molecule has 0 bridgehead atoms. The first-order valence-electron chi connectivity index (χ1n) is 9.91. The summed E-state index contributed by atoms with van der Waals surface area (Å²) < 4.78 is 32.1. The first-order chi connectivity index (χ1) is 14.3. The summed E-state index contributed by atoms with van der Waals surface area (Å²) in [6.07, 6.45) is 0. The maximum atomic E-state index is 12.9. The SMILES string of the molecule is CCOC(=O)c1ccc(S(=O)(=O)N2CCN(CC(=O)c3ccc(C)cc3)CC2)cc1. The summed E-state index contributed by atoms with van der Waals surface area (Å²) >= 11 is 0.